The molecule has 3 N–H and O–H groups in total. The van der Waals surface area contributed by atoms with Gasteiger partial charge >= 0.3 is 6.09 Å². The maximum absolute atomic E-state index is 15.3. The van der Waals surface area contributed by atoms with Gasteiger partial charge in [-0.15, -0.1) is 0 Å². The van der Waals surface area contributed by atoms with Gasteiger partial charge in [-0.3, -0.25) is 4.79 Å². The van der Waals surface area contributed by atoms with Crippen molar-refractivity contribution in [2.75, 3.05) is 25.5 Å². The zero-order chi connectivity index (χ0) is 33.7. The summed E-state index contributed by atoms with van der Waals surface area (Å²) in [5.41, 5.74) is 1.37. The number of hydrogen-bond acceptors (Lipinski definition) is 6. The molecule has 1 saturated carbocycles. The molecule has 0 radical (unpaired) electrons. The molecule has 3 aromatic rings. The predicted octanol–water partition coefficient (Wildman–Crippen LogP) is 5.59. The van der Waals surface area contributed by atoms with Gasteiger partial charge in [-0.2, -0.15) is 4.31 Å². The molecule has 0 bridgehead atoms. The number of methoxy groups -OCH3 is 1. The molecule has 47 heavy (non-hydrogen) atoms. The molecule has 2 aliphatic rings. The van der Waals surface area contributed by atoms with Crippen LogP contribution in [0, 0.1) is 11.6 Å². The third kappa shape index (κ3) is 8.29. The number of carbonyl (C=O) groups is 2. The monoisotopic (exact) mass is 688 g/mol. The Morgan fingerprint density at radius 2 is 1.74 bits per heavy atom. The second kappa shape index (κ2) is 15.1. The van der Waals surface area contributed by atoms with E-state index in [0.29, 0.717) is 54.9 Å². The molecule has 252 valence electrons. The average molecular weight is 689 g/mol. The van der Waals surface area contributed by atoms with E-state index in [1.54, 1.807) is 40.7 Å². The highest BCUT2D eigenvalue weighted by molar-refractivity contribution is 7.90. The van der Waals surface area contributed by atoms with Gasteiger partial charge in [0.15, 0.2) is 0 Å². The predicted molar refractivity (Wildman–Crippen MR) is 177 cm³/mol. The lowest BCUT2D eigenvalue weighted by Gasteiger charge is -2.40. The van der Waals surface area contributed by atoms with Crippen LogP contribution in [0.2, 0.25) is 5.02 Å². The standard InChI is InChI=1S/C34H39ClF2N4O5S/c1-21-19-38-20-26(41(21)47(44,45)27-15-16-27)11-5-12-28-29(37)13-6-14-30(28)39-33(42)32(40-34(43)46-2)31(22-7-3-9-24(35)17-22)23-8-4-10-25(36)18-23/h3-4,6-10,13-14,17-18,21,26-27,31-32,38H,5,11-12,15-16,19-20H2,1-2H3,(H,39,42)(H,40,43). The minimum Gasteiger partial charge on any atom is -0.453 e. The molecule has 9 nitrogen and oxygen atoms in total. The third-order valence-corrected chi connectivity index (χ3v) is 11.5. The first kappa shape index (κ1) is 34.7. The SMILES string of the molecule is COC(=O)NC(C(=O)Nc1cccc(F)c1CCCC1CNCC(C)N1S(=O)(=O)C1CC1)C(c1cccc(F)c1)c1cccc(Cl)c1. The summed E-state index contributed by atoms with van der Waals surface area (Å²) in [6.07, 6.45) is 1.63. The zero-order valence-electron chi connectivity index (χ0n) is 26.2. The van der Waals surface area contributed by atoms with E-state index in [2.05, 4.69) is 16.0 Å². The number of nitrogens with one attached hydrogen (secondary N) is 3. The molecule has 1 aliphatic carbocycles. The second-order valence-corrected chi connectivity index (χ2v) is 14.6. The molecule has 3 aromatic carbocycles. The van der Waals surface area contributed by atoms with Crippen LogP contribution in [0.25, 0.3) is 0 Å². The summed E-state index contributed by atoms with van der Waals surface area (Å²) in [5.74, 6) is -2.66. The van der Waals surface area contributed by atoms with Gasteiger partial charge in [0.05, 0.1) is 12.4 Å². The highest BCUT2D eigenvalue weighted by Gasteiger charge is 2.45. The Morgan fingerprint density at radius 3 is 2.43 bits per heavy atom. The van der Waals surface area contributed by atoms with Gasteiger partial charge in [-0.05, 0) is 86.6 Å². The Kier molecular flexibility index (Phi) is 11.2. The van der Waals surface area contributed by atoms with Crippen LogP contribution in [-0.2, 0) is 26.0 Å². The fraction of sp³-hybridized carbons (Fsp3) is 0.412. The Balaban J connectivity index is 1.40. The molecule has 4 atom stereocenters. The molecular weight excluding hydrogens is 650 g/mol. The van der Waals surface area contributed by atoms with Crippen molar-refractivity contribution >= 4 is 39.3 Å². The summed E-state index contributed by atoms with van der Waals surface area (Å²) >= 11 is 6.29. The largest absolute Gasteiger partial charge is 0.453 e. The molecule has 2 fully saturated rings. The number of rotatable bonds is 12. The van der Waals surface area contributed by atoms with Crippen molar-refractivity contribution in [3.63, 3.8) is 0 Å². The van der Waals surface area contributed by atoms with Crippen molar-refractivity contribution in [3.8, 4) is 0 Å². The molecule has 5 rings (SSSR count). The van der Waals surface area contributed by atoms with Crippen LogP contribution in [0.5, 0.6) is 0 Å². The quantitative estimate of drug-likeness (QED) is 0.229. The normalized spacial score (nSPS) is 19.9. The summed E-state index contributed by atoms with van der Waals surface area (Å²) in [5, 5.41) is 8.72. The van der Waals surface area contributed by atoms with Crippen molar-refractivity contribution in [1.82, 2.24) is 14.9 Å². The number of halogens is 3. The van der Waals surface area contributed by atoms with Gasteiger partial charge in [-0.25, -0.2) is 22.0 Å². The van der Waals surface area contributed by atoms with Gasteiger partial charge in [0.1, 0.15) is 17.7 Å². The van der Waals surface area contributed by atoms with E-state index >= 15 is 4.39 Å². The van der Waals surface area contributed by atoms with Crippen LogP contribution in [0.4, 0.5) is 19.3 Å². The second-order valence-electron chi connectivity index (χ2n) is 12.1. The Hall–Kier alpha value is -3.58. The highest BCUT2D eigenvalue weighted by atomic mass is 35.5. The minimum atomic E-state index is -3.41. The molecule has 2 amide bonds. The summed E-state index contributed by atoms with van der Waals surface area (Å²) in [6.45, 7) is 2.96. The molecular formula is C34H39ClF2N4O5S. The smallest absolute Gasteiger partial charge is 0.407 e. The first-order valence-electron chi connectivity index (χ1n) is 15.7. The first-order valence-corrected chi connectivity index (χ1v) is 17.5. The number of piperazine rings is 1. The van der Waals surface area contributed by atoms with E-state index in [1.807, 2.05) is 6.92 Å². The molecule has 4 unspecified atom stereocenters. The van der Waals surface area contributed by atoms with Crippen LogP contribution in [-0.4, -0.2) is 68.3 Å². The van der Waals surface area contributed by atoms with E-state index in [-0.39, 0.29) is 35.0 Å². The number of sulfonamides is 1. The third-order valence-electron chi connectivity index (χ3n) is 8.68. The Labute approximate surface area is 279 Å². The lowest BCUT2D eigenvalue weighted by atomic mass is 9.84. The molecule has 0 spiro atoms. The number of benzene rings is 3. The fourth-order valence-corrected chi connectivity index (χ4v) is 8.79. The molecule has 1 saturated heterocycles. The van der Waals surface area contributed by atoms with Crippen molar-refractivity contribution in [3.05, 3.63) is 100 Å². The number of amides is 2. The maximum atomic E-state index is 15.3. The van der Waals surface area contributed by atoms with Crippen LogP contribution in [0.15, 0.2) is 66.7 Å². The number of anilines is 1. The summed E-state index contributed by atoms with van der Waals surface area (Å²) < 4.78 is 62.7. The number of hydrogen-bond donors (Lipinski definition) is 3. The van der Waals surface area contributed by atoms with Gasteiger partial charge in [0, 0.05) is 47.4 Å². The van der Waals surface area contributed by atoms with E-state index in [9.17, 15) is 22.4 Å². The van der Waals surface area contributed by atoms with Gasteiger partial charge in [0.2, 0.25) is 15.9 Å². The highest BCUT2D eigenvalue weighted by Crippen LogP contribution is 2.35. The fourth-order valence-electron chi connectivity index (χ4n) is 6.34. The van der Waals surface area contributed by atoms with Crippen molar-refractivity contribution < 1.29 is 31.5 Å². The summed E-state index contributed by atoms with van der Waals surface area (Å²) in [7, 11) is -2.25. The van der Waals surface area contributed by atoms with Gasteiger partial charge in [-0.1, -0.05) is 41.9 Å². The van der Waals surface area contributed by atoms with E-state index in [1.165, 1.54) is 30.3 Å². The molecule has 1 heterocycles. The number of ether oxygens (including phenoxy) is 1. The van der Waals surface area contributed by atoms with E-state index in [0.717, 1.165) is 7.11 Å². The van der Waals surface area contributed by atoms with Crippen molar-refractivity contribution in [1.29, 1.82) is 0 Å². The average Bonchev–Trinajstić information content (AvgIpc) is 3.89. The topological polar surface area (TPSA) is 117 Å². The molecule has 13 heteroatoms. The van der Waals surface area contributed by atoms with Crippen LogP contribution >= 0.6 is 11.6 Å². The van der Waals surface area contributed by atoms with Crippen LogP contribution in [0.3, 0.4) is 0 Å². The summed E-state index contributed by atoms with van der Waals surface area (Å²) in [6, 6.07) is 14.9. The molecule has 1 aliphatic heterocycles. The minimum absolute atomic E-state index is 0.188. The van der Waals surface area contributed by atoms with Crippen LogP contribution in [0.1, 0.15) is 55.2 Å². The van der Waals surface area contributed by atoms with Gasteiger partial charge < -0.3 is 20.7 Å². The van der Waals surface area contributed by atoms with Crippen LogP contribution < -0.4 is 16.0 Å². The van der Waals surface area contributed by atoms with E-state index in [4.69, 9.17) is 16.3 Å². The number of alkyl carbamates (subject to hydrolysis) is 1. The summed E-state index contributed by atoms with van der Waals surface area (Å²) in [4.78, 5) is 26.6. The van der Waals surface area contributed by atoms with Crippen molar-refractivity contribution in [2.45, 2.75) is 68.3 Å². The van der Waals surface area contributed by atoms with Gasteiger partial charge in [0.25, 0.3) is 0 Å². The lowest BCUT2D eigenvalue weighted by Crippen LogP contribution is -2.58. The number of carbonyl (C=O) groups excluding carboxylic acids is 2. The zero-order valence-corrected chi connectivity index (χ0v) is 27.8. The Bertz CT molecular complexity index is 1660. The van der Waals surface area contributed by atoms with E-state index < -0.39 is 45.6 Å². The molecule has 0 aromatic heterocycles. The lowest BCUT2D eigenvalue weighted by molar-refractivity contribution is -0.118. The Morgan fingerprint density at radius 1 is 1.04 bits per heavy atom. The first-order chi connectivity index (χ1) is 22.5. The maximum Gasteiger partial charge on any atom is 0.407 e. The van der Waals surface area contributed by atoms with Crippen molar-refractivity contribution in [2.24, 2.45) is 0 Å². The number of nitrogens with zero attached hydrogens (tertiary/aromatic N) is 1.